The second kappa shape index (κ2) is 5.86. The lowest BCUT2D eigenvalue weighted by atomic mass is 9.90. The summed E-state index contributed by atoms with van der Waals surface area (Å²) < 4.78 is 5.35. The maximum absolute atomic E-state index is 12.4. The normalized spacial score (nSPS) is 24.8. The zero-order valence-corrected chi connectivity index (χ0v) is 12.2. The van der Waals surface area contributed by atoms with E-state index >= 15 is 0 Å². The number of fused-ring (bicyclic) bond motifs is 2. The molecule has 20 heavy (non-hydrogen) atoms. The van der Waals surface area contributed by atoms with Gasteiger partial charge in [0.15, 0.2) is 0 Å². The van der Waals surface area contributed by atoms with Gasteiger partial charge in [-0.25, -0.2) is 0 Å². The summed E-state index contributed by atoms with van der Waals surface area (Å²) >= 11 is 0. The Kier molecular flexibility index (Phi) is 3.95. The summed E-state index contributed by atoms with van der Waals surface area (Å²) in [6.45, 7) is 0.995. The van der Waals surface area contributed by atoms with Crippen molar-refractivity contribution >= 4 is 5.91 Å². The number of carbonyl (C=O) groups is 1. The minimum atomic E-state index is 0.324. The monoisotopic (exact) mass is 273 g/mol. The number of methoxy groups -OCH3 is 1. The molecule has 0 unspecified atom stereocenters. The molecule has 3 heteroatoms. The molecule has 1 aromatic carbocycles. The second-order valence-corrected chi connectivity index (χ2v) is 6.04. The maximum Gasteiger partial charge on any atom is 0.223 e. The summed E-state index contributed by atoms with van der Waals surface area (Å²) in [6, 6.07) is 8.51. The van der Waals surface area contributed by atoms with E-state index in [9.17, 15) is 4.79 Å². The molecule has 2 aliphatic rings. The Labute approximate surface area is 120 Å². The molecule has 0 N–H and O–H groups in total. The van der Waals surface area contributed by atoms with Crippen LogP contribution in [-0.2, 0) is 11.2 Å². The molecule has 2 atom stereocenters. The standard InChI is InChI=1S/C17H23NO2/c1-20-16-8-3-2-6-14(16)9-10-17(19)18-12-13-5-4-7-15(18)11-13/h2-3,6,8,13,15H,4-5,7,9-12H2,1H3/t13-,15+/m1/s1. The van der Waals surface area contributed by atoms with Crippen LogP contribution in [0.4, 0.5) is 0 Å². The van der Waals surface area contributed by atoms with Crippen LogP contribution in [-0.4, -0.2) is 30.5 Å². The molecule has 1 heterocycles. The van der Waals surface area contributed by atoms with Gasteiger partial charge < -0.3 is 9.64 Å². The number of ether oxygens (including phenoxy) is 1. The first-order valence-corrected chi connectivity index (χ1v) is 7.69. The van der Waals surface area contributed by atoms with Crippen molar-refractivity contribution < 1.29 is 9.53 Å². The van der Waals surface area contributed by atoms with Crippen LogP contribution in [0, 0.1) is 5.92 Å². The van der Waals surface area contributed by atoms with Gasteiger partial charge in [0.2, 0.25) is 5.91 Å². The van der Waals surface area contributed by atoms with Gasteiger partial charge in [-0.15, -0.1) is 0 Å². The van der Waals surface area contributed by atoms with E-state index in [2.05, 4.69) is 11.0 Å². The summed E-state index contributed by atoms with van der Waals surface area (Å²) in [7, 11) is 1.68. The van der Waals surface area contributed by atoms with Crippen LogP contribution >= 0.6 is 0 Å². The van der Waals surface area contributed by atoms with Crippen molar-refractivity contribution in [3.63, 3.8) is 0 Å². The van der Waals surface area contributed by atoms with Crippen LogP contribution in [0.25, 0.3) is 0 Å². The molecule has 0 aromatic heterocycles. The molecule has 3 nitrogen and oxygen atoms in total. The predicted molar refractivity (Wildman–Crippen MR) is 78.8 cm³/mol. The van der Waals surface area contributed by atoms with E-state index < -0.39 is 0 Å². The predicted octanol–water partition coefficient (Wildman–Crippen LogP) is 3.03. The van der Waals surface area contributed by atoms with Crippen LogP contribution in [0.2, 0.25) is 0 Å². The Bertz CT molecular complexity index is 486. The van der Waals surface area contributed by atoms with Gasteiger partial charge in [0, 0.05) is 19.0 Å². The van der Waals surface area contributed by atoms with Crippen molar-refractivity contribution in [3.05, 3.63) is 29.8 Å². The summed E-state index contributed by atoms with van der Waals surface area (Å²) in [5.41, 5.74) is 1.13. The molecule has 1 aliphatic carbocycles. The lowest BCUT2D eigenvalue weighted by Crippen LogP contribution is -2.35. The van der Waals surface area contributed by atoms with Crippen molar-refractivity contribution in [1.82, 2.24) is 4.90 Å². The fourth-order valence-electron chi connectivity index (χ4n) is 3.74. The van der Waals surface area contributed by atoms with Gasteiger partial charge >= 0.3 is 0 Å². The minimum absolute atomic E-state index is 0.324. The topological polar surface area (TPSA) is 29.5 Å². The van der Waals surface area contributed by atoms with E-state index in [1.165, 1.54) is 25.7 Å². The Morgan fingerprint density at radius 3 is 3.00 bits per heavy atom. The van der Waals surface area contributed by atoms with Crippen molar-refractivity contribution in [2.24, 2.45) is 5.92 Å². The van der Waals surface area contributed by atoms with Crippen molar-refractivity contribution in [2.75, 3.05) is 13.7 Å². The highest BCUT2D eigenvalue weighted by molar-refractivity contribution is 5.77. The summed E-state index contributed by atoms with van der Waals surface area (Å²) in [5, 5.41) is 0. The molecule has 1 aliphatic heterocycles. The summed E-state index contributed by atoms with van der Waals surface area (Å²) in [6.07, 6.45) is 6.43. The number of carbonyl (C=O) groups excluding carboxylic acids is 1. The van der Waals surface area contributed by atoms with E-state index in [-0.39, 0.29) is 0 Å². The average molecular weight is 273 g/mol. The first kappa shape index (κ1) is 13.5. The third-order valence-corrected chi connectivity index (χ3v) is 4.77. The third kappa shape index (κ3) is 2.67. The van der Waals surface area contributed by atoms with Gasteiger partial charge in [-0.05, 0) is 43.2 Å². The first-order chi connectivity index (χ1) is 9.78. The number of likely N-dealkylation sites (tertiary alicyclic amines) is 1. The number of aryl methyl sites for hydroxylation is 1. The molecule has 2 bridgehead atoms. The first-order valence-electron chi connectivity index (χ1n) is 7.69. The lowest BCUT2D eigenvalue weighted by molar-refractivity contribution is -0.132. The van der Waals surface area contributed by atoms with E-state index in [1.54, 1.807) is 7.11 Å². The molecule has 1 aromatic rings. The second-order valence-electron chi connectivity index (χ2n) is 6.04. The molecule has 108 valence electrons. The Morgan fingerprint density at radius 1 is 1.35 bits per heavy atom. The van der Waals surface area contributed by atoms with Gasteiger partial charge in [-0.1, -0.05) is 24.6 Å². The molecule has 2 fully saturated rings. The maximum atomic E-state index is 12.4. The molecule has 1 saturated carbocycles. The number of amides is 1. The zero-order valence-electron chi connectivity index (χ0n) is 12.2. The minimum Gasteiger partial charge on any atom is -0.496 e. The zero-order chi connectivity index (χ0) is 13.9. The fourth-order valence-corrected chi connectivity index (χ4v) is 3.74. The van der Waals surface area contributed by atoms with Gasteiger partial charge in [0.1, 0.15) is 5.75 Å². The smallest absolute Gasteiger partial charge is 0.223 e. The van der Waals surface area contributed by atoms with Gasteiger partial charge in [0.25, 0.3) is 0 Å². The Hall–Kier alpha value is -1.51. The van der Waals surface area contributed by atoms with Gasteiger partial charge in [0.05, 0.1) is 7.11 Å². The van der Waals surface area contributed by atoms with Crippen LogP contribution in [0.1, 0.15) is 37.7 Å². The molecule has 0 spiro atoms. The number of rotatable bonds is 4. The SMILES string of the molecule is COc1ccccc1CCC(=O)N1C[C@@H]2CCC[C@H]1C2. The van der Waals surface area contributed by atoms with Crippen LogP contribution in [0.3, 0.4) is 0 Å². The third-order valence-electron chi connectivity index (χ3n) is 4.77. The van der Waals surface area contributed by atoms with Crippen LogP contribution in [0.5, 0.6) is 5.75 Å². The lowest BCUT2D eigenvalue weighted by Gasteiger charge is -2.24. The molecule has 1 saturated heterocycles. The van der Waals surface area contributed by atoms with Crippen LogP contribution in [0.15, 0.2) is 24.3 Å². The molecule has 3 rings (SSSR count). The van der Waals surface area contributed by atoms with Crippen molar-refractivity contribution in [2.45, 2.75) is 44.6 Å². The molecule has 0 radical (unpaired) electrons. The van der Waals surface area contributed by atoms with E-state index in [0.29, 0.717) is 18.4 Å². The molecular weight excluding hydrogens is 250 g/mol. The Morgan fingerprint density at radius 2 is 2.20 bits per heavy atom. The number of hydrogen-bond donors (Lipinski definition) is 0. The van der Waals surface area contributed by atoms with Crippen molar-refractivity contribution in [1.29, 1.82) is 0 Å². The average Bonchev–Trinajstić information content (AvgIpc) is 2.79. The summed E-state index contributed by atoms with van der Waals surface area (Å²) in [5.74, 6) is 1.98. The number of benzene rings is 1. The quantitative estimate of drug-likeness (QED) is 0.844. The highest BCUT2D eigenvalue weighted by Gasteiger charge is 2.37. The fraction of sp³-hybridized carbons (Fsp3) is 0.588. The summed E-state index contributed by atoms with van der Waals surface area (Å²) in [4.78, 5) is 14.6. The van der Waals surface area contributed by atoms with E-state index in [4.69, 9.17) is 4.74 Å². The van der Waals surface area contributed by atoms with Gasteiger partial charge in [-0.3, -0.25) is 4.79 Å². The van der Waals surface area contributed by atoms with E-state index in [1.807, 2.05) is 18.2 Å². The van der Waals surface area contributed by atoms with Gasteiger partial charge in [-0.2, -0.15) is 0 Å². The largest absolute Gasteiger partial charge is 0.496 e. The Balaban J connectivity index is 1.59. The number of nitrogens with zero attached hydrogens (tertiary/aromatic N) is 1. The van der Waals surface area contributed by atoms with E-state index in [0.717, 1.165) is 30.2 Å². The number of para-hydroxylation sites is 1. The molecule has 1 amide bonds. The highest BCUT2D eigenvalue weighted by atomic mass is 16.5. The number of hydrogen-bond acceptors (Lipinski definition) is 2. The van der Waals surface area contributed by atoms with Crippen molar-refractivity contribution in [3.8, 4) is 5.75 Å². The highest BCUT2D eigenvalue weighted by Crippen LogP contribution is 2.35. The van der Waals surface area contributed by atoms with Crippen LogP contribution < -0.4 is 4.74 Å². The molecular formula is C17H23NO2.